The van der Waals surface area contributed by atoms with Gasteiger partial charge < -0.3 is 5.32 Å². The third-order valence-electron chi connectivity index (χ3n) is 4.82. The van der Waals surface area contributed by atoms with E-state index in [0.29, 0.717) is 5.69 Å². The highest BCUT2D eigenvalue weighted by Crippen LogP contribution is 2.32. The lowest BCUT2D eigenvalue weighted by Gasteiger charge is -2.14. The number of benzene rings is 1. The molecule has 0 fully saturated rings. The SMILES string of the molecule is CC(=O)c1ccc2c(c1)CC[C@H]2NC(=O)c1cnc2ccc(C)cn12. The lowest BCUT2D eigenvalue weighted by Crippen LogP contribution is -2.28. The van der Waals surface area contributed by atoms with Gasteiger partial charge in [0.15, 0.2) is 5.78 Å². The zero-order valence-electron chi connectivity index (χ0n) is 14.2. The Morgan fingerprint density at radius 2 is 2.08 bits per heavy atom. The largest absolute Gasteiger partial charge is 0.344 e. The van der Waals surface area contributed by atoms with Crippen LogP contribution < -0.4 is 5.32 Å². The molecule has 0 unspecified atom stereocenters. The lowest BCUT2D eigenvalue weighted by molar-refractivity contribution is 0.0930. The number of ketones is 1. The molecule has 2 heterocycles. The lowest BCUT2D eigenvalue weighted by atomic mass is 10.0. The Morgan fingerprint density at radius 3 is 2.88 bits per heavy atom. The van der Waals surface area contributed by atoms with Crippen molar-refractivity contribution in [3.05, 3.63) is 70.7 Å². The van der Waals surface area contributed by atoms with Crippen molar-refractivity contribution in [3.63, 3.8) is 0 Å². The van der Waals surface area contributed by atoms with Crippen molar-refractivity contribution >= 4 is 17.3 Å². The van der Waals surface area contributed by atoms with Crippen molar-refractivity contribution in [3.8, 4) is 0 Å². The highest BCUT2D eigenvalue weighted by Gasteiger charge is 2.26. The first-order chi connectivity index (χ1) is 12.0. The number of carbonyl (C=O) groups is 2. The monoisotopic (exact) mass is 333 g/mol. The summed E-state index contributed by atoms with van der Waals surface area (Å²) in [5, 5.41) is 3.11. The Morgan fingerprint density at radius 1 is 1.24 bits per heavy atom. The number of hydrogen-bond acceptors (Lipinski definition) is 3. The Labute approximate surface area is 145 Å². The van der Waals surface area contributed by atoms with Crippen molar-refractivity contribution in [1.82, 2.24) is 14.7 Å². The van der Waals surface area contributed by atoms with Crippen molar-refractivity contribution in [2.45, 2.75) is 32.7 Å². The molecule has 0 aliphatic heterocycles. The van der Waals surface area contributed by atoms with Gasteiger partial charge in [-0.3, -0.25) is 14.0 Å². The molecular formula is C20H19N3O2. The summed E-state index contributed by atoms with van der Waals surface area (Å²) in [7, 11) is 0. The number of Topliss-reactive ketones (excluding diaryl/α,β-unsaturated/α-hetero) is 1. The van der Waals surface area contributed by atoms with E-state index in [1.54, 1.807) is 13.1 Å². The summed E-state index contributed by atoms with van der Waals surface area (Å²) < 4.78 is 1.82. The molecule has 1 amide bonds. The first kappa shape index (κ1) is 15.6. The molecule has 2 aromatic heterocycles. The molecule has 0 bridgehead atoms. The molecule has 1 N–H and O–H groups in total. The molecule has 0 radical (unpaired) electrons. The second kappa shape index (κ2) is 5.84. The minimum absolute atomic E-state index is 0.0288. The molecule has 0 spiro atoms. The zero-order chi connectivity index (χ0) is 17.6. The molecule has 126 valence electrons. The van der Waals surface area contributed by atoms with Crippen LogP contribution in [-0.2, 0) is 6.42 Å². The van der Waals surface area contributed by atoms with Gasteiger partial charge >= 0.3 is 0 Å². The second-order valence-electron chi connectivity index (χ2n) is 6.61. The predicted octanol–water partition coefficient (Wildman–Crippen LogP) is 3.26. The standard InChI is InChI=1S/C20H19N3O2/c1-12-3-8-19-21-10-18(23(19)11-12)20(25)22-17-7-5-15-9-14(13(2)24)4-6-16(15)17/h3-4,6,8-11,17H,5,7H2,1-2H3,(H,22,25)/t17-/m1/s1. The number of rotatable bonds is 3. The van der Waals surface area contributed by atoms with Crippen molar-refractivity contribution < 1.29 is 9.59 Å². The maximum Gasteiger partial charge on any atom is 0.270 e. The third-order valence-corrected chi connectivity index (χ3v) is 4.82. The van der Waals surface area contributed by atoms with E-state index in [1.807, 2.05) is 47.9 Å². The van der Waals surface area contributed by atoms with Crippen LogP contribution in [0.15, 0.2) is 42.7 Å². The van der Waals surface area contributed by atoms with Gasteiger partial charge in [0.05, 0.1) is 12.2 Å². The highest BCUT2D eigenvalue weighted by atomic mass is 16.2. The molecule has 4 rings (SSSR count). The summed E-state index contributed by atoms with van der Waals surface area (Å²) in [5.74, 6) is -0.0667. The van der Waals surface area contributed by atoms with Gasteiger partial charge in [-0.1, -0.05) is 18.2 Å². The number of amides is 1. The van der Waals surface area contributed by atoms with Crippen molar-refractivity contribution in [2.75, 3.05) is 0 Å². The molecule has 5 heteroatoms. The van der Waals surface area contributed by atoms with E-state index in [2.05, 4.69) is 10.3 Å². The Bertz CT molecular complexity index is 1000. The molecule has 1 aromatic carbocycles. The van der Waals surface area contributed by atoms with E-state index in [9.17, 15) is 9.59 Å². The number of fused-ring (bicyclic) bond motifs is 2. The first-order valence-electron chi connectivity index (χ1n) is 8.41. The van der Waals surface area contributed by atoms with Crippen LogP contribution in [0.25, 0.3) is 5.65 Å². The van der Waals surface area contributed by atoms with Crippen LogP contribution >= 0.6 is 0 Å². The van der Waals surface area contributed by atoms with E-state index in [-0.39, 0.29) is 17.7 Å². The topological polar surface area (TPSA) is 63.5 Å². The van der Waals surface area contributed by atoms with Crippen molar-refractivity contribution in [2.24, 2.45) is 0 Å². The fraction of sp³-hybridized carbons (Fsp3) is 0.250. The summed E-state index contributed by atoms with van der Waals surface area (Å²) in [6.07, 6.45) is 5.24. The van der Waals surface area contributed by atoms with Gasteiger partial charge in [0, 0.05) is 11.8 Å². The van der Waals surface area contributed by atoms with Crippen molar-refractivity contribution in [1.29, 1.82) is 0 Å². The van der Waals surface area contributed by atoms with E-state index in [4.69, 9.17) is 0 Å². The average molecular weight is 333 g/mol. The van der Waals surface area contributed by atoms with Gasteiger partial charge in [-0.15, -0.1) is 0 Å². The minimum atomic E-state index is -0.133. The van der Waals surface area contributed by atoms with Crippen LogP contribution in [0.2, 0.25) is 0 Å². The summed E-state index contributed by atoms with van der Waals surface area (Å²) in [6.45, 7) is 3.56. The molecule has 1 aliphatic carbocycles. The number of aryl methyl sites for hydroxylation is 2. The van der Waals surface area contributed by atoms with Crippen LogP contribution in [0.3, 0.4) is 0 Å². The molecular weight excluding hydrogens is 314 g/mol. The molecule has 0 saturated carbocycles. The predicted molar refractivity (Wildman–Crippen MR) is 94.9 cm³/mol. The molecule has 3 aromatic rings. The number of nitrogens with one attached hydrogen (secondary N) is 1. The first-order valence-corrected chi connectivity index (χ1v) is 8.41. The summed E-state index contributed by atoms with van der Waals surface area (Å²) in [6, 6.07) is 9.59. The molecule has 0 saturated heterocycles. The number of pyridine rings is 1. The Kier molecular flexibility index (Phi) is 3.64. The summed E-state index contributed by atoms with van der Waals surface area (Å²) >= 11 is 0. The minimum Gasteiger partial charge on any atom is -0.344 e. The normalized spacial score (nSPS) is 16.0. The molecule has 25 heavy (non-hydrogen) atoms. The number of carbonyl (C=O) groups excluding carboxylic acids is 2. The Hall–Kier alpha value is -2.95. The van der Waals surface area contributed by atoms with Crippen LogP contribution in [0.5, 0.6) is 0 Å². The number of aromatic nitrogens is 2. The fourth-order valence-corrected chi connectivity index (χ4v) is 3.47. The average Bonchev–Trinajstić information content (AvgIpc) is 3.18. The summed E-state index contributed by atoms with van der Waals surface area (Å²) in [4.78, 5) is 28.6. The molecule has 5 nitrogen and oxygen atoms in total. The van der Waals surface area contributed by atoms with Gasteiger partial charge in [-0.2, -0.15) is 0 Å². The van der Waals surface area contributed by atoms with Crippen LogP contribution in [0, 0.1) is 6.92 Å². The number of nitrogens with zero attached hydrogens (tertiary/aromatic N) is 2. The van der Waals surface area contributed by atoms with Gasteiger partial charge in [-0.05, 0) is 55.5 Å². The van der Waals surface area contributed by atoms with Gasteiger partial charge in [0.25, 0.3) is 5.91 Å². The number of imidazole rings is 1. The van der Waals surface area contributed by atoms with Gasteiger partial charge in [0.2, 0.25) is 0 Å². The smallest absolute Gasteiger partial charge is 0.270 e. The second-order valence-corrected chi connectivity index (χ2v) is 6.61. The summed E-state index contributed by atoms with van der Waals surface area (Å²) in [5.41, 5.74) is 5.34. The maximum absolute atomic E-state index is 12.7. The van der Waals surface area contributed by atoms with Crippen LogP contribution in [0.1, 0.15) is 56.9 Å². The number of hydrogen-bond donors (Lipinski definition) is 1. The van der Waals surface area contributed by atoms with Crippen LogP contribution in [0.4, 0.5) is 0 Å². The molecule has 1 aliphatic rings. The van der Waals surface area contributed by atoms with E-state index in [1.165, 1.54) is 0 Å². The van der Waals surface area contributed by atoms with E-state index in [0.717, 1.165) is 40.7 Å². The van der Waals surface area contributed by atoms with E-state index >= 15 is 0 Å². The van der Waals surface area contributed by atoms with Gasteiger partial charge in [-0.25, -0.2) is 4.98 Å². The zero-order valence-corrected chi connectivity index (χ0v) is 14.2. The van der Waals surface area contributed by atoms with Crippen LogP contribution in [-0.4, -0.2) is 21.1 Å². The fourth-order valence-electron chi connectivity index (χ4n) is 3.47. The third kappa shape index (κ3) is 2.71. The molecule has 1 atom stereocenters. The quantitative estimate of drug-likeness (QED) is 0.748. The maximum atomic E-state index is 12.7. The van der Waals surface area contributed by atoms with Gasteiger partial charge in [0.1, 0.15) is 11.3 Å². The Balaban J connectivity index is 1.60. The van der Waals surface area contributed by atoms with E-state index < -0.39 is 0 Å². The highest BCUT2D eigenvalue weighted by molar-refractivity contribution is 5.95.